The number of carbonyl (C=O) groups excluding carboxylic acids is 2. The number of aryl methyl sites for hydroxylation is 1. The highest BCUT2D eigenvalue weighted by molar-refractivity contribution is 9.10. The highest BCUT2D eigenvalue weighted by Gasteiger charge is 2.47. The number of anilines is 1. The Morgan fingerprint density at radius 3 is 2.41 bits per heavy atom. The predicted octanol–water partition coefficient (Wildman–Crippen LogP) is 5.37. The molecule has 162 valence electrons. The maximum absolute atomic E-state index is 13.9. The Bertz CT molecular complexity index is 1300. The molecule has 0 aromatic heterocycles. The van der Waals surface area contributed by atoms with Gasteiger partial charge < -0.3 is 10.2 Å². The predicted molar refractivity (Wildman–Crippen MR) is 118 cm³/mol. The lowest BCUT2D eigenvalue weighted by Gasteiger charge is -2.25. The van der Waals surface area contributed by atoms with Crippen molar-refractivity contribution >= 4 is 39.1 Å². The second-order valence-corrected chi connectivity index (χ2v) is 8.18. The molecule has 1 fully saturated rings. The summed E-state index contributed by atoms with van der Waals surface area (Å²) in [5.41, 5.74) is 1.11. The lowest BCUT2D eigenvalue weighted by Crippen LogP contribution is -2.29. The minimum atomic E-state index is -1.19. The highest BCUT2D eigenvalue weighted by Crippen LogP contribution is 2.43. The van der Waals surface area contributed by atoms with Crippen molar-refractivity contribution < 1.29 is 28.6 Å². The molecule has 5 nitrogen and oxygen atoms in total. The van der Waals surface area contributed by atoms with Gasteiger partial charge in [-0.15, -0.1) is 0 Å². The van der Waals surface area contributed by atoms with E-state index in [1.807, 2.05) is 0 Å². The molecule has 0 radical (unpaired) electrons. The van der Waals surface area contributed by atoms with Gasteiger partial charge in [0.2, 0.25) is 0 Å². The first-order chi connectivity index (χ1) is 15.2. The van der Waals surface area contributed by atoms with Crippen molar-refractivity contribution in [1.29, 1.82) is 0 Å². The number of hydrogen-bond acceptors (Lipinski definition) is 4. The first-order valence-electron chi connectivity index (χ1n) is 9.50. The number of aliphatic hydroxyl groups is 1. The van der Waals surface area contributed by atoms with Gasteiger partial charge in [-0.1, -0.05) is 34.1 Å². The largest absolute Gasteiger partial charge is 0.508 e. The van der Waals surface area contributed by atoms with Crippen molar-refractivity contribution in [3.63, 3.8) is 0 Å². The van der Waals surface area contributed by atoms with Gasteiger partial charge in [-0.2, -0.15) is 0 Å². The van der Waals surface area contributed by atoms with E-state index in [2.05, 4.69) is 15.9 Å². The van der Waals surface area contributed by atoms with E-state index in [1.54, 1.807) is 31.2 Å². The molecule has 1 aliphatic heterocycles. The van der Waals surface area contributed by atoms with E-state index in [0.717, 1.165) is 27.1 Å². The summed E-state index contributed by atoms with van der Waals surface area (Å²) in [6.45, 7) is 1.80. The summed E-state index contributed by atoms with van der Waals surface area (Å²) in [4.78, 5) is 27.0. The van der Waals surface area contributed by atoms with E-state index >= 15 is 0 Å². The quantitative estimate of drug-likeness (QED) is 0.288. The Hall–Kier alpha value is -3.52. The van der Waals surface area contributed by atoms with Gasteiger partial charge >= 0.3 is 0 Å². The normalized spacial score (nSPS) is 17.8. The lowest BCUT2D eigenvalue weighted by atomic mass is 9.94. The Morgan fingerprint density at radius 2 is 1.75 bits per heavy atom. The Morgan fingerprint density at radius 1 is 1.00 bits per heavy atom. The number of amides is 1. The molecule has 0 aliphatic carbocycles. The van der Waals surface area contributed by atoms with E-state index < -0.39 is 35.1 Å². The SMILES string of the molecule is Cc1cc(/C(O)=C2\C(=O)C(=O)N(c3ccc(F)c(F)c3)C2c2cccc(O)c2)ccc1Br. The molecular formula is C24H16BrF2NO4. The van der Waals surface area contributed by atoms with Crippen molar-refractivity contribution in [2.45, 2.75) is 13.0 Å². The summed E-state index contributed by atoms with van der Waals surface area (Å²) in [5, 5.41) is 21.0. The first-order valence-corrected chi connectivity index (χ1v) is 10.3. The number of ketones is 1. The lowest BCUT2D eigenvalue weighted by molar-refractivity contribution is -0.132. The average Bonchev–Trinajstić information content (AvgIpc) is 3.02. The molecule has 2 N–H and O–H groups in total. The van der Waals surface area contributed by atoms with Crippen LogP contribution in [-0.4, -0.2) is 21.9 Å². The zero-order chi connectivity index (χ0) is 23.2. The molecule has 1 unspecified atom stereocenters. The molecule has 8 heteroatoms. The van der Waals surface area contributed by atoms with Gasteiger partial charge in [0.05, 0.1) is 11.6 Å². The number of Topliss-reactive ketones (excluding diaryl/α,β-unsaturated/α-hetero) is 1. The van der Waals surface area contributed by atoms with E-state index in [9.17, 15) is 28.6 Å². The van der Waals surface area contributed by atoms with Crippen molar-refractivity contribution in [2.24, 2.45) is 0 Å². The smallest absolute Gasteiger partial charge is 0.300 e. The van der Waals surface area contributed by atoms with Crippen LogP contribution >= 0.6 is 15.9 Å². The number of halogens is 3. The fourth-order valence-electron chi connectivity index (χ4n) is 3.69. The third-order valence-electron chi connectivity index (χ3n) is 5.24. The zero-order valence-electron chi connectivity index (χ0n) is 16.6. The molecule has 1 atom stereocenters. The molecule has 0 bridgehead atoms. The topological polar surface area (TPSA) is 77.8 Å². The van der Waals surface area contributed by atoms with Gasteiger partial charge in [-0.05, 0) is 54.4 Å². The zero-order valence-corrected chi connectivity index (χ0v) is 18.2. The van der Waals surface area contributed by atoms with Crippen LogP contribution in [0.5, 0.6) is 5.75 Å². The van der Waals surface area contributed by atoms with Crippen LogP contribution in [0.2, 0.25) is 0 Å². The van der Waals surface area contributed by atoms with Crippen molar-refractivity contribution in [3.8, 4) is 5.75 Å². The van der Waals surface area contributed by atoms with Crippen LogP contribution in [0.4, 0.5) is 14.5 Å². The molecule has 1 amide bonds. The molecule has 3 aromatic rings. The van der Waals surface area contributed by atoms with Gasteiger partial charge in [-0.25, -0.2) is 8.78 Å². The van der Waals surface area contributed by atoms with Crippen LogP contribution < -0.4 is 4.90 Å². The number of aromatic hydroxyl groups is 1. The van der Waals surface area contributed by atoms with Gasteiger partial charge in [0, 0.05) is 21.8 Å². The summed E-state index contributed by atoms with van der Waals surface area (Å²) in [5.74, 6) is -4.84. The molecule has 0 saturated carbocycles. The molecule has 32 heavy (non-hydrogen) atoms. The van der Waals surface area contributed by atoms with Gasteiger partial charge in [0.25, 0.3) is 11.7 Å². The van der Waals surface area contributed by atoms with Gasteiger partial charge in [0.1, 0.15) is 11.5 Å². The first kappa shape index (κ1) is 21.7. The minimum Gasteiger partial charge on any atom is -0.508 e. The monoisotopic (exact) mass is 499 g/mol. The van der Waals surface area contributed by atoms with Crippen LogP contribution in [-0.2, 0) is 9.59 Å². The van der Waals surface area contributed by atoms with Gasteiger partial charge in [0.15, 0.2) is 11.6 Å². The molecule has 0 spiro atoms. The third-order valence-corrected chi connectivity index (χ3v) is 6.13. The second-order valence-electron chi connectivity index (χ2n) is 7.33. The molecule has 1 heterocycles. The van der Waals surface area contributed by atoms with E-state index in [0.29, 0.717) is 11.1 Å². The Balaban J connectivity index is 1.97. The molecule has 1 aliphatic rings. The number of phenolic OH excluding ortho intramolecular Hbond substituents is 1. The van der Waals surface area contributed by atoms with E-state index in [1.165, 1.54) is 24.3 Å². The summed E-state index contributed by atoms with van der Waals surface area (Å²) in [7, 11) is 0. The fraction of sp³-hybridized carbons (Fsp3) is 0.0833. The average molecular weight is 500 g/mol. The number of rotatable bonds is 3. The maximum Gasteiger partial charge on any atom is 0.300 e. The maximum atomic E-state index is 13.9. The summed E-state index contributed by atoms with van der Waals surface area (Å²) >= 11 is 3.37. The van der Waals surface area contributed by atoms with Crippen LogP contribution in [0.25, 0.3) is 5.76 Å². The van der Waals surface area contributed by atoms with Gasteiger partial charge in [-0.3, -0.25) is 14.5 Å². The number of phenols is 1. The minimum absolute atomic E-state index is 0.0645. The summed E-state index contributed by atoms with van der Waals surface area (Å²) in [6.07, 6.45) is 0. The standard InChI is InChI=1S/C24H16BrF2NO4/c1-12-9-14(5-7-17(12)25)22(30)20-21(13-3-2-4-16(29)10-13)28(24(32)23(20)31)15-6-8-18(26)19(27)11-15/h2-11,21,29-30H,1H3/b22-20+. The van der Waals surface area contributed by atoms with Crippen molar-refractivity contribution in [3.05, 3.63) is 99.0 Å². The fourth-order valence-corrected chi connectivity index (χ4v) is 3.94. The van der Waals surface area contributed by atoms with E-state index in [4.69, 9.17) is 0 Å². The molecule has 1 saturated heterocycles. The Labute approximate surface area is 190 Å². The number of hydrogen-bond donors (Lipinski definition) is 2. The van der Waals surface area contributed by atoms with Crippen molar-refractivity contribution in [1.82, 2.24) is 0 Å². The number of carbonyl (C=O) groups is 2. The van der Waals surface area contributed by atoms with Crippen LogP contribution in [0.1, 0.15) is 22.7 Å². The number of benzene rings is 3. The second kappa shape index (κ2) is 8.20. The highest BCUT2D eigenvalue weighted by atomic mass is 79.9. The van der Waals surface area contributed by atoms with Crippen LogP contribution in [0.3, 0.4) is 0 Å². The van der Waals surface area contributed by atoms with Crippen LogP contribution in [0, 0.1) is 18.6 Å². The third kappa shape index (κ3) is 3.67. The Kier molecular flexibility index (Phi) is 5.56. The molecule has 4 rings (SSSR count). The summed E-state index contributed by atoms with van der Waals surface area (Å²) in [6, 6.07) is 12.4. The van der Waals surface area contributed by atoms with Crippen LogP contribution in [0.15, 0.2) is 70.7 Å². The van der Waals surface area contributed by atoms with Crippen molar-refractivity contribution in [2.75, 3.05) is 4.90 Å². The van der Waals surface area contributed by atoms with E-state index in [-0.39, 0.29) is 17.0 Å². The number of nitrogens with zero attached hydrogens (tertiary/aromatic N) is 1. The molecule has 3 aromatic carbocycles. The molecular weight excluding hydrogens is 484 g/mol. The summed E-state index contributed by atoms with van der Waals surface area (Å²) < 4.78 is 28.2. The number of aliphatic hydroxyl groups excluding tert-OH is 1.